The van der Waals surface area contributed by atoms with Gasteiger partial charge in [0.2, 0.25) is 11.8 Å². The Balaban J connectivity index is 1.87. The van der Waals surface area contributed by atoms with E-state index in [1.807, 2.05) is 6.08 Å². The number of alkyl halides is 3. The van der Waals surface area contributed by atoms with Crippen LogP contribution in [0.4, 0.5) is 13.2 Å². The lowest BCUT2D eigenvalue weighted by atomic mass is 9.69. The number of carbonyl (C=O) groups is 3. The van der Waals surface area contributed by atoms with Crippen LogP contribution in [0.1, 0.15) is 56.6 Å². The first-order valence-corrected chi connectivity index (χ1v) is 11.9. The van der Waals surface area contributed by atoms with Crippen molar-refractivity contribution in [1.29, 1.82) is 0 Å². The number of nitrogens with one attached hydrogen (secondary N) is 1. The number of carbonyl (C=O) groups excluding carboxylic acids is 3. The molecule has 0 unspecified atom stereocenters. The summed E-state index contributed by atoms with van der Waals surface area (Å²) < 4.78 is 44.4. The number of likely N-dealkylation sites (tertiary alicyclic amines) is 1. The summed E-state index contributed by atoms with van der Waals surface area (Å²) in [6.45, 7) is 5.62. The molecule has 1 aliphatic carbocycles. The minimum absolute atomic E-state index is 0.130. The van der Waals surface area contributed by atoms with Gasteiger partial charge in [-0.15, -0.1) is 6.58 Å². The largest absolute Gasteiger partial charge is 0.465 e. The molecule has 1 N–H and O–H groups in total. The Morgan fingerprint density at radius 1 is 1.29 bits per heavy atom. The van der Waals surface area contributed by atoms with E-state index in [4.69, 9.17) is 4.74 Å². The number of allylic oxidation sites excluding steroid dienone is 1. The Kier molecular flexibility index (Phi) is 8.40. The number of amides is 2. The van der Waals surface area contributed by atoms with Crippen LogP contribution in [0.25, 0.3) is 0 Å². The first kappa shape index (κ1) is 26.5. The molecule has 1 heterocycles. The molecule has 2 amide bonds. The highest BCUT2D eigenvalue weighted by Gasteiger charge is 2.61. The number of benzene rings is 1. The topological polar surface area (TPSA) is 75.7 Å². The first-order chi connectivity index (χ1) is 16.6. The van der Waals surface area contributed by atoms with Crippen LogP contribution in [0, 0.1) is 11.3 Å². The normalized spacial score (nSPS) is 24.0. The molecule has 2 aliphatic rings. The van der Waals surface area contributed by atoms with E-state index < -0.39 is 34.9 Å². The van der Waals surface area contributed by atoms with Gasteiger partial charge in [0.15, 0.2) is 0 Å². The van der Waals surface area contributed by atoms with E-state index in [0.717, 1.165) is 25.0 Å². The van der Waals surface area contributed by atoms with Gasteiger partial charge >= 0.3 is 12.1 Å². The molecule has 0 saturated carbocycles. The zero-order chi connectivity index (χ0) is 25.6. The quantitative estimate of drug-likeness (QED) is 0.420. The van der Waals surface area contributed by atoms with Gasteiger partial charge in [-0.3, -0.25) is 14.4 Å². The number of rotatable bonds is 8. The van der Waals surface area contributed by atoms with Gasteiger partial charge in [0.25, 0.3) is 0 Å². The highest BCUT2D eigenvalue weighted by Crippen LogP contribution is 2.52. The number of hydrogen-bond acceptors (Lipinski definition) is 4. The van der Waals surface area contributed by atoms with Crippen molar-refractivity contribution in [2.75, 3.05) is 13.2 Å². The summed E-state index contributed by atoms with van der Waals surface area (Å²) in [5, 5.41) is 2.61. The highest BCUT2D eigenvalue weighted by molar-refractivity contribution is 5.98. The van der Waals surface area contributed by atoms with Gasteiger partial charge in [0.1, 0.15) is 5.41 Å². The molecule has 1 aliphatic heterocycles. The Hall–Kier alpha value is -3.10. The van der Waals surface area contributed by atoms with Gasteiger partial charge in [-0.1, -0.05) is 37.1 Å². The molecule has 190 valence electrons. The van der Waals surface area contributed by atoms with E-state index in [1.54, 1.807) is 13.0 Å². The maximum atomic E-state index is 13.5. The van der Waals surface area contributed by atoms with Crippen LogP contribution in [0.5, 0.6) is 0 Å². The summed E-state index contributed by atoms with van der Waals surface area (Å²) in [6.07, 6.45) is 2.30. The molecule has 1 aromatic carbocycles. The van der Waals surface area contributed by atoms with E-state index in [0.29, 0.717) is 25.0 Å². The van der Waals surface area contributed by atoms with E-state index in [-0.39, 0.29) is 37.6 Å². The number of fused-ring (bicyclic) bond motifs is 1. The standard InChI is InChI=1S/C26H31F3N2O4/c1-3-14-31-21-12-7-5-6-8-13-25(21,24(34)35-4-2)20(23(31)33)16-22(32)30-17-18-10-9-11-19(15-18)26(27,28)29/h3,9-12,15,20H,1,4-8,13-14,16-17H2,2H3,(H,30,32)/b21-12+/t20-,25-/m1/s1. The van der Waals surface area contributed by atoms with Crippen molar-refractivity contribution < 1.29 is 32.3 Å². The van der Waals surface area contributed by atoms with Crippen LogP contribution in [0.15, 0.2) is 48.7 Å². The maximum Gasteiger partial charge on any atom is 0.416 e. The van der Waals surface area contributed by atoms with Crippen LogP contribution < -0.4 is 5.32 Å². The number of nitrogens with zero attached hydrogens (tertiary/aromatic N) is 1. The lowest BCUT2D eigenvalue weighted by Crippen LogP contribution is -2.42. The summed E-state index contributed by atoms with van der Waals surface area (Å²) >= 11 is 0. The van der Waals surface area contributed by atoms with Crippen molar-refractivity contribution in [2.24, 2.45) is 11.3 Å². The number of esters is 1. The molecule has 1 saturated heterocycles. The van der Waals surface area contributed by atoms with Crippen LogP contribution >= 0.6 is 0 Å². The van der Waals surface area contributed by atoms with Crippen molar-refractivity contribution in [3.8, 4) is 0 Å². The lowest BCUT2D eigenvalue weighted by molar-refractivity contribution is -0.158. The van der Waals surface area contributed by atoms with Gasteiger partial charge in [-0.05, 0) is 43.9 Å². The molecule has 1 fully saturated rings. The van der Waals surface area contributed by atoms with Crippen molar-refractivity contribution in [1.82, 2.24) is 10.2 Å². The molecule has 0 bridgehead atoms. The van der Waals surface area contributed by atoms with Crippen LogP contribution in [-0.2, 0) is 31.8 Å². The predicted octanol–water partition coefficient (Wildman–Crippen LogP) is 4.75. The number of ether oxygens (including phenoxy) is 1. The molecule has 1 aromatic rings. The molecular formula is C26H31F3N2O4. The molecule has 0 radical (unpaired) electrons. The van der Waals surface area contributed by atoms with E-state index in [2.05, 4.69) is 11.9 Å². The van der Waals surface area contributed by atoms with Crippen LogP contribution in [0.3, 0.4) is 0 Å². The fourth-order valence-electron chi connectivity index (χ4n) is 5.00. The second kappa shape index (κ2) is 11.1. The molecule has 6 nitrogen and oxygen atoms in total. The third-order valence-corrected chi connectivity index (χ3v) is 6.60. The second-order valence-corrected chi connectivity index (χ2v) is 8.85. The van der Waals surface area contributed by atoms with Gasteiger partial charge in [-0.25, -0.2) is 0 Å². The fraction of sp³-hybridized carbons (Fsp3) is 0.500. The molecule has 3 rings (SSSR count). The average molecular weight is 493 g/mol. The highest BCUT2D eigenvalue weighted by atomic mass is 19.4. The molecule has 0 spiro atoms. The molecule has 9 heteroatoms. The zero-order valence-corrected chi connectivity index (χ0v) is 19.8. The zero-order valence-electron chi connectivity index (χ0n) is 19.8. The Morgan fingerprint density at radius 3 is 2.74 bits per heavy atom. The summed E-state index contributed by atoms with van der Waals surface area (Å²) in [5.41, 5.74) is -1.23. The van der Waals surface area contributed by atoms with E-state index in [1.165, 1.54) is 17.0 Å². The Bertz CT molecular complexity index is 1000. The number of halogens is 3. The van der Waals surface area contributed by atoms with Crippen molar-refractivity contribution >= 4 is 17.8 Å². The minimum atomic E-state index is -4.49. The van der Waals surface area contributed by atoms with Gasteiger partial charge < -0.3 is 15.0 Å². The monoisotopic (exact) mass is 492 g/mol. The third kappa shape index (κ3) is 5.60. The first-order valence-electron chi connectivity index (χ1n) is 11.9. The lowest BCUT2D eigenvalue weighted by Gasteiger charge is -2.34. The molecule has 2 atom stereocenters. The van der Waals surface area contributed by atoms with Crippen molar-refractivity contribution in [2.45, 2.75) is 58.2 Å². The van der Waals surface area contributed by atoms with Crippen molar-refractivity contribution in [3.05, 3.63) is 59.8 Å². The predicted molar refractivity (Wildman–Crippen MR) is 124 cm³/mol. The molecule has 35 heavy (non-hydrogen) atoms. The van der Waals surface area contributed by atoms with Crippen molar-refractivity contribution in [3.63, 3.8) is 0 Å². The molecule has 0 aromatic heterocycles. The summed E-state index contributed by atoms with van der Waals surface area (Å²) in [5.74, 6) is -2.36. The Labute approximate surface area is 203 Å². The van der Waals surface area contributed by atoms with E-state index in [9.17, 15) is 27.6 Å². The minimum Gasteiger partial charge on any atom is -0.465 e. The summed E-state index contributed by atoms with van der Waals surface area (Å²) in [6, 6.07) is 4.70. The summed E-state index contributed by atoms with van der Waals surface area (Å²) in [4.78, 5) is 41.3. The molecular weight excluding hydrogens is 461 g/mol. The average Bonchev–Trinajstić information content (AvgIpc) is 3.00. The van der Waals surface area contributed by atoms with Gasteiger partial charge in [0, 0.05) is 25.2 Å². The fourth-order valence-corrected chi connectivity index (χ4v) is 5.00. The third-order valence-electron chi connectivity index (χ3n) is 6.60. The maximum absolute atomic E-state index is 13.5. The SMILES string of the molecule is C=CCN1C(=O)[C@@H](CC(=O)NCc2cccc(C(F)(F)F)c2)[C@]2(C(=O)OCC)CCCCC/C=C/12. The van der Waals surface area contributed by atoms with E-state index >= 15 is 0 Å². The smallest absolute Gasteiger partial charge is 0.416 e. The van der Waals surface area contributed by atoms with Gasteiger partial charge in [-0.2, -0.15) is 13.2 Å². The second-order valence-electron chi connectivity index (χ2n) is 8.85. The van der Waals surface area contributed by atoms with Gasteiger partial charge in [0.05, 0.1) is 18.1 Å². The van der Waals surface area contributed by atoms with Crippen LogP contribution in [-0.4, -0.2) is 35.8 Å². The number of hydrogen-bond donors (Lipinski definition) is 1. The Morgan fingerprint density at radius 2 is 2.06 bits per heavy atom. The van der Waals surface area contributed by atoms with Crippen LogP contribution in [0.2, 0.25) is 0 Å². The summed E-state index contributed by atoms with van der Waals surface area (Å²) in [7, 11) is 0.